The number of carbonyl (C=O) groups excluding carboxylic acids is 1. The number of nitrogens with two attached hydrogens (primary N) is 1. The molecule has 0 saturated carbocycles. The predicted molar refractivity (Wildman–Crippen MR) is 75.6 cm³/mol. The van der Waals surface area contributed by atoms with Crippen molar-refractivity contribution in [2.24, 2.45) is 5.73 Å². The average Bonchev–Trinajstić information content (AvgIpc) is 2.47. The summed E-state index contributed by atoms with van der Waals surface area (Å²) < 4.78 is 0. The van der Waals surface area contributed by atoms with Crippen molar-refractivity contribution in [1.29, 1.82) is 0 Å². The number of hydrogen-bond acceptors (Lipinski definition) is 3. The number of nitrogens with zero attached hydrogens (tertiary/aromatic N) is 2. The van der Waals surface area contributed by atoms with Crippen LogP contribution in [0, 0.1) is 0 Å². The maximum atomic E-state index is 12.3. The molecule has 1 atom stereocenters. The van der Waals surface area contributed by atoms with E-state index < -0.39 is 0 Å². The summed E-state index contributed by atoms with van der Waals surface area (Å²) in [5, 5.41) is 0. The Bertz CT molecular complexity index is 392. The summed E-state index contributed by atoms with van der Waals surface area (Å²) in [4.78, 5) is 18.4. The third-order valence-electron chi connectivity index (χ3n) is 3.80. The molecule has 0 radical (unpaired) electrons. The maximum Gasteiger partial charge on any atom is 0.223 e. The molecule has 0 aromatic carbocycles. The lowest BCUT2D eigenvalue weighted by Crippen LogP contribution is -2.44. The van der Waals surface area contributed by atoms with Gasteiger partial charge in [-0.1, -0.05) is 6.07 Å². The van der Waals surface area contributed by atoms with Crippen LogP contribution in [-0.2, 0) is 11.2 Å². The van der Waals surface area contributed by atoms with Crippen molar-refractivity contribution >= 4 is 5.91 Å². The van der Waals surface area contributed by atoms with Crippen molar-refractivity contribution in [3.63, 3.8) is 0 Å². The van der Waals surface area contributed by atoms with Crippen LogP contribution >= 0.6 is 0 Å². The van der Waals surface area contributed by atoms with Gasteiger partial charge in [-0.3, -0.25) is 9.78 Å². The van der Waals surface area contributed by atoms with Gasteiger partial charge in [0.1, 0.15) is 0 Å². The summed E-state index contributed by atoms with van der Waals surface area (Å²) in [5.74, 6) is 0.266. The van der Waals surface area contributed by atoms with E-state index in [2.05, 4.69) is 4.98 Å². The molecule has 2 rings (SSSR count). The minimum atomic E-state index is 0.266. The molecule has 1 amide bonds. The molecule has 1 aliphatic heterocycles. The van der Waals surface area contributed by atoms with Crippen LogP contribution in [0.15, 0.2) is 24.5 Å². The smallest absolute Gasteiger partial charge is 0.223 e. The summed E-state index contributed by atoms with van der Waals surface area (Å²) in [6.45, 7) is 1.56. The molecule has 104 valence electrons. The fraction of sp³-hybridized carbons (Fsp3) is 0.600. The molecule has 0 aliphatic carbocycles. The zero-order chi connectivity index (χ0) is 13.5. The van der Waals surface area contributed by atoms with Gasteiger partial charge in [-0.2, -0.15) is 0 Å². The van der Waals surface area contributed by atoms with Crippen molar-refractivity contribution in [2.45, 2.75) is 44.6 Å². The number of piperidine rings is 1. The van der Waals surface area contributed by atoms with E-state index in [0.29, 0.717) is 19.0 Å². The van der Waals surface area contributed by atoms with Gasteiger partial charge in [-0.25, -0.2) is 0 Å². The quantitative estimate of drug-likeness (QED) is 0.878. The Labute approximate surface area is 115 Å². The highest BCUT2D eigenvalue weighted by molar-refractivity contribution is 5.76. The maximum absolute atomic E-state index is 12.3. The molecular weight excluding hydrogens is 238 g/mol. The molecule has 0 bridgehead atoms. The molecule has 1 unspecified atom stereocenters. The van der Waals surface area contributed by atoms with Gasteiger partial charge in [-0.05, 0) is 50.3 Å². The van der Waals surface area contributed by atoms with E-state index in [0.717, 1.165) is 37.8 Å². The number of aromatic nitrogens is 1. The van der Waals surface area contributed by atoms with Gasteiger partial charge in [0, 0.05) is 31.4 Å². The van der Waals surface area contributed by atoms with E-state index in [9.17, 15) is 4.79 Å². The van der Waals surface area contributed by atoms with Crippen LogP contribution in [-0.4, -0.2) is 34.9 Å². The van der Waals surface area contributed by atoms with Crippen LogP contribution in [0.4, 0.5) is 0 Å². The van der Waals surface area contributed by atoms with Crippen molar-refractivity contribution in [3.05, 3.63) is 30.1 Å². The van der Waals surface area contributed by atoms with Gasteiger partial charge in [-0.15, -0.1) is 0 Å². The highest BCUT2D eigenvalue weighted by atomic mass is 16.2. The molecule has 2 N–H and O–H groups in total. The van der Waals surface area contributed by atoms with Crippen LogP contribution in [0.25, 0.3) is 0 Å². The average molecular weight is 261 g/mol. The topological polar surface area (TPSA) is 59.2 Å². The molecule has 4 heteroatoms. The van der Waals surface area contributed by atoms with Crippen molar-refractivity contribution in [1.82, 2.24) is 9.88 Å². The van der Waals surface area contributed by atoms with Gasteiger partial charge in [0.2, 0.25) is 5.91 Å². The highest BCUT2D eigenvalue weighted by Gasteiger charge is 2.25. The van der Waals surface area contributed by atoms with Crippen LogP contribution in [0.3, 0.4) is 0 Å². The molecule has 1 saturated heterocycles. The number of likely N-dealkylation sites (tertiary alicyclic amines) is 1. The Morgan fingerprint density at radius 3 is 3.11 bits per heavy atom. The summed E-state index contributed by atoms with van der Waals surface area (Å²) in [6.07, 6.45) is 9.32. The number of pyridine rings is 1. The summed E-state index contributed by atoms with van der Waals surface area (Å²) >= 11 is 0. The van der Waals surface area contributed by atoms with E-state index in [1.165, 1.54) is 6.42 Å². The SMILES string of the molecule is NCCC1CCCCN1C(=O)CCc1cccnc1. The van der Waals surface area contributed by atoms with Crippen molar-refractivity contribution in [3.8, 4) is 0 Å². The van der Waals surface area contributed by atoms with Gasteiger partial charge in [0.15, 0.2) is 0 Å². The molecular formula is C15H23N3O. The van der Waals surface area contributed by atoms with E-state index in [-0.39, 0.29) is 5.91 Å². The second-order valence-corrected chi connectivity index (χ2v) is 5.18. The number of aryl methyl sites for hydroxylation is 1. The van der Waals surface area contributed by atoms with E-state index in [1.54, 1.807) is 6.20 Å². The van der Waals surface area contributed by atoms with Crippen LogP contribution in [0.2, 0.25) is 0 Å². The van der Waals surface area contributed by atoms with E-state index in [1.807, 2.05) is 23.2 Å². The summed E-state index contributed by atoms with van der Waals surface area (Å²) in [6, 6.07) is 4.30. The Hall–Kier alpha value is -1.42. The predicted octanol–water partition coefficient (Wildman–Crippen LogP) is 1.74. The molecule has 1 aromatic heterocycles. The molecule has 1 aliphatic rings. The number of carbonyl (C=O) groups is 1. The Kier molecular flexibility index (Phi) is 5.33. The number of amides is 1. The Morgan fingerprint density at radius 1 is 1.47 bits per heavy atom. The summed E-state index contributed by atoms with van der Waals surface area (Å²) in [5.41, 5.74) is 6.77. The normalized spacial score (nSPS) is 19.4. The molecule has 1 fully saturated rings. The largest absolute Gasteiger partial charge is 0.340 e. The van der Waals surface area contributed by atoms with E-state index >= 15 is 0 Å². The monoisotopic (exact) mass is 261 g/mol. The zero-order valence-electron chi connectivity index (χ0n) is 11.4. The standard InChI is InChI=1S/C15H23N3O/c16-9-8-14-5-1-2-11-18(14)15(19)7-6-13-4-3-10-17-12-13/h3-4,10,12,14H,1-2,5-9,11,16H2. The fourth-order valence-electron chi connectivity index (χ4n) is 2.76. The fourth-order valence-corrected chi connectivity index (χ4v) is 2.76. The first kappa shape index (κ1) is 14.0. The van der Waals surface area contributed by atoms with Gasteiger partial charge < -0.3 is 10.6 Å². The minimum absolute atomic E-state index is 0.266. The third-order valence-corrected chi connectivity index (χ3v) is 3.80. The number of rotatable bonds is 5. The van der Waals surface area contributed by atoms with Gasteiger partial charge >= 0.3 is 0 Å². The molecule has 4 nitrogen and oxygen atoms in total. The first-order valence-corrected chi connectivity index (χ1v) is 7.19. The lowest BCUT2D eigenvalue weighted by atomic mass is 9.98. The summed E-state index contributed by atoms with van der Waals surface area (Å²) in [7, 11) is 0. The first-order valence-electron chi connectivity index (χ1n) is 7.19. The minimum Gasteiger partial charge on any atom is -0.340 e. The second kappa shape index (κ2) is 7.24. The lowest BCUT2D eigenvalue weighted by Gasteiger charge is -2.35. The molecule has 0 spiro atoms. The zero-order valence-corrected chi connectivity index (χ0v) is 11.4. The second-order valence-electron chi connectivity index (χ2n) is 5.18. The highest BCUT2D eigenvalue weighted by Crippen LogP contribution is 2.20. The van der Waals surface area contributed by atoms with Crippen LogP contribution in [0.1, 0.15) is 37.7 Å². The van der Waals surface area contributed by atoms with Gasteiger partial charge in [0.05, 0.1) is 0 Å². The number of hydrogen-bond donors (Lipinski definition) is 1. The Balaban J connectivity index is 1.87. The van der Waals surface area contributed by atoms with Crippen molar-refractivity contribution < 1.29 is 4.79 Å². The Morgan fingerprint density at radius 2 is 2.37 bits per heavy atom. The van der Waals surface area contributed by atoms with Crippen LogP contribution < -0.4 is 5.73 Å². The van der Waals surface area contributed by atoms with Crippen molar-refractivity contribution in [2.75, 3.05) is 13.1 Å². The first-order chi connectivity index (χ1) is 9.31. The van der Waals surface area contributed by atoms with E-state index in [4.69, 9.17) is 5.73 Å². The molecule has 19 heavy (non-hydrogen) atoms. The lowest BCUT2D eigenvalue weighted by molar-refractivity contribution is -0.134. The third kappa shape index (κ3) is 4.03. The van der Waals surface area contributed by atoms with Gasteiger partial charge in [0.25, 0.3) is 0 Å². The molecule has 1 aromatic rings. The van der Waals surface area contributed by atoms with Crippen LogP contribution in [0.5, 0.6) is 0 Å². The molecule has 2 heterocycles.